The average molecular weight is 372 g/mol. The van der Waals surface area contributed by atoms with E-state index >= 15 is 0 Å². The zero-order valence-electron chi connectivity index (χ0n) is 15.0. The molecule has 7 heteroatoms. The van der Waals surface area contributed by atoms with Crippen LogP contribution < -0.4 is 0 Å². The SMILES string of the molecule is CN(Cc1cccnc1)CC1CCC2(CN(C(=O)c3cscn3)C2)OC1. The molecule has 138 valence electrons. The van der Waals surface area contributed by atoms with Gasteiger partial charge in [-0.3, -0.25) is 9.78 Å². The van der Waals surface area contributed by atoms with E-state index in [9.17, 15) is 4.79 Å². The summed E-state index contributed by atoms with van der Waals surface area (Å²) >= 11 is 1.45. The quantitative estimate of drug-likeness (QED) is 0.806. The van der Waals surface area contributed by atoms with Gasteiger partial charge in [0.2, 0.25) is 0 Å². The van der Waals surface area contributed by atoms with Crippen LogP contribution in [0.25, 0.3) is 0 Å². The number of carbonyl (C=O) groups excluding carboxylic acids is 1. The first kappa shape index (κ1) is 17.6. The molecule has 26 heavy (non-hydrogen) atoms. The Morgan fingerprint density at radius 3 is 3.04 bits per heavy atom. The molecule has 0 aliphatic carbocycles. The molecule has 2 aromatic rings. The molecule has 0 N–H and O–H groups in total. The van der Waals surface area contributed by atoms with E-state index in [1.807, 2.05) is 22.5 Å². The van der Waals surface area contributed by atoms with Crippen LogP contribution in [0.3, 0.4) is 0 Å². The first-order chi connectivity index (χ1) is 12.6. The normalized spacial score (nSPS) is 21.8. The van der Waals surface area contributed by atoms with Gasteiger partial charge in [0.05, 0.1) is 25.2 Å². The number of carbonyl (C=O) groups is 1. The van der Waals surface area contributed by atoms with Gasteiger partial charge in [-0.05, 0) is 37.4 Å². The minimum Gasteiger partial charge on any atom is -0.371 e. The van der Waals surface area contributed by atoms with Crippen molar-refractivity contribution in [1.29, 1.82) is 0 Å². The number of pyridine rings is 1. The Hall–Kier alpha value is -1.83. The molecule has 0 bridgehead atoms. The summed E-state index contributed by atoms with van der Waals surface area (Å²) in [5.41, 5.74) is 3.37. The van der Waals surface area contributed by atoms with Gasteiger partial charge in [0.1, 0.15) is 11.3 Å². The molecule has 0 saturated carbocycles. The summed E-state index contributed by atoms with van der Waals surface area (Å²) in [5.74, 6) is 0.574. The molecule has 1 atom stereocenters. The third kappa shape index (κ3) is 3.79. The molecule has 4 heterocycles. The van der Waals surface area contributed by atoms with E-state index in [1.165, 1.54) is 16.9 Å². The van der Waals surface area contributed by atoms with Crippen LogP contribution in [0, 0.1) is 5.92 Å². The molecule has 4 rings (SSSR count). The Morgan fingerprint density at radius 2 is 2.38 bits per heavy atom. The summed E-state index contributed by atoms with van der Waals surface area (Å²) < 4.78 is 6.21. The van der Waals surface area contributed by atoms with Crippen molar-refractivity contribution in [2.45, 2.75) is 25.0 Å². The highest BCUT2D eigenvalue weighted by molar-refractivity contribution is 7.07. The van der Waals surface area contributed by atoms with E-state index < -0.39 is 0 Å². The van der Waals surface area contributed by atoms with Crippen molar-refractivity contribution < 1.29 is 9.53 Å². The van der Waals surface area contributed by atoms with Gasteiger partial charge in [-0.15, -0.1) is 11.3 Å². The molecule has 2 fully saturated rings. The molecule has 1 amide bonds. The number of likely N-dealkylation sites (tertiary alicyclic amines) is 1. The summed E-state index contributed by atoms with van der Waals surface area (Å²) in [7, 11) is 2.15. The summed E-state index contributed by atoms with van der Waals surface area (Å²) in [6, 6.07) is 4.09. The smallest absolute Gasteiger partial charge is 0.273 e. The van der Waals surface area contributed by atoms with Crippen molar-refractivity contribution >= 4 is 17.2 Å². The van der Waals surface area contributed by atoms with Crippen molar-refractivity contribution in [2.24, 2.45) is 5.92 Å². The van der Waals surface area contributed by atoms with E-state index in [0.717, 1.165) is 32.5 Å². The monoisotopic (exact) mass is 372 g/mol. The molecular weight excluding hydrogens is 348 g/mol. The van der Waals surface area contributed by atoms with Crippen LogP contribution in [-0.2, 0) is 11.3 Å². The summed E-state index contributed by atoms with van der Waals surface area (Å²) in [6.07, 6.45) is 5.90. The van der Waals surface area contributed by atoms with Gasteiger partial charge in [-0.2, -0.15) is 0 Å². The fraction of sp³-hybridized carbons (Fsp3) is 0.526. The number of rotatable bonds is 5. The number of amides is 1. The van der Waals surface area contributed by atoms with Crippen LogP contribution in [0.1, 0.15) is 28.9 Å². The largest absolute Gasteiger partial charge is 0.371 e. The van der Waals surface area contributed by atoms with Gasteiger partial charge in [0, 0.05) is 30.9 Å². The van der Waals surface area contributed by atoms with Gasteiger partial charge in [0.15, 0.2) is 0 Å². The molecule has 2 aliphatic heterocycles. The van der Waals surface area contributed by atoms with Crippen LogP contribution in [0.4, 0.5) is 0 Å². The lowest BCUT2D eigenvalue weighted by atomic mass is 9.82. The first-order valence-corrected chi connectivity index (χ1v) is 9.97. The molecule has 0 radical (unpaired) electrons. The average Bonchev–Trinajstić information content (AvgIpc) is 3.15. The second kappa shape index (κ2) is 7.42. The highest BCUT2D eigenvalue weighted by Crippen LogP contribution is 2.36. The lowest BCUT2D eigenvalue weighted by molar-refractivity contribution is -0.168. The maximum Gasteiger partial charge on any atom is 0.273 e. The van der Waals surface area contributed by atoms with E-state index in [-0.39, 0.29) is 11.5 Å². The van der Waals surface area contributed by atoms with Crippen molar-refractivity contribution in [1.82, 2.24) is 19.8 Å². The second-order valence-electron chi connectivity index (χ2n) is 7.49. The molecule has 0 aromatic carbocycles. The standard InChI is InChI=1S/C19H24N4O2S/c1-22(8-15-3-2-6-20-7-15)9-16-4-5-19(25-10-16)12-23(13-19)18(24)17-11-26-14-21-17/h2-3,6-7,11,14,16H,4-5,8-10,12-13H2,1H3. The van der Waals surface area contributed by atoms with Crippen molar-refractivity contribution in [3.05, 3.63) is 46.7 Å². The number of aromatic nitrogens is 2. The van der Waals surface area contributed by atoms with Crippen molar-refractivity contribution in [3.8, 4) is 0 Å². The predicted octanol–water partition coefficient (Wildman–Crippen LogP) is 2.29. The second-order valence-corrected chi connectivity index (χ2v) is 8.21. The number of hydrogen-bond acceptors (Lipinski definition) is 6. The van der Waals surface area contributed by atoms with Crippen LogP contribution in [0.5, 0.6) is 0 Å². The van der Waals surface area contributed by atoms with Gasteiger partial charge >= 0.3 is 0 Å². The maximum absolute atomic E-state index is 12.3. The molecule has 2 aromatic heterocycles. The summed E-state index contributed by atoms with van der Waals surface area (Å²) in [4.78, 5) is 24.8. The number of thiazole rings is 1. The van der Waals surface area contributed by atoms with Crippen LogP contribution in [0.15, 0.2) is 35.4 Å². The maximum atomic E-state index is 12.3. The van der Waals surface area contributed by atoms with Crippen LogP contribution >= 0.6 is 11.3 Å². The van der Waals surface area contributed by atoms with E-state index in [4.69, 9.17) is 4.74 Å². The third-order valence-corrected chi connectivity index (χ3v) is 5.86. The lowest BCUT2D eigenvalue weighted by Gasteiger charge is -2.52. The highest BCUT2D eigenvalue weighted by atomic mass is 32.1. The van der Waals surface area contributed by atoms with Crippen LogP contribution in [-0.4, -0.2) is 64.6 Å². The Labute approximate surface area is 157 Å². The fourth-order valence-corrected chi connectivity index (χ4v) is 4.42. The zero-order valence-corrected chi connectivity index (χ0v) is 15.8. The number of ether oxygens (including phenoxy) is 1. The fourth-order valence-electron chi connectivity index (χ4n) is 3.89. The Bertz CT molecular complexity index is 721. The summed E-state index contributed by atoms with van der Waals surface area (Å²) in [5, 5.41) is 1.81. The molecule has 2 saturated heterocycles. The molecule has 1 unspecified atom stereocenters. The summed E-state index contributed by atoms with van der Waals surface area (Å²) in [6.45, 7) is 4.09. The number of hydrogen-bond donors (Lipinski definition) is 0. The van der Waals surface area contributed by atoms with Gasteiger partial charge < -0.3 is 14.5 Å². The van der Waals surface area contributed by atoms with E-state index in [2.05, 4.69) is 28.0 Å². The van der Waals surface area contributed by atoms with Gasteiger partial charge in [-0.1, -0.05) is 6.07 Å². The predicted molar refractivity (Wildman–Crippen MR) is 100.0 cm³/mol. The Kier molecular flexibility index (Phi) is 5.02. The molecule has 6 nitrogen and oxygen atoms in total. The van der Waals surface area contributed by atoms with Crippen molar-refractivity contribution in [2.75, 3.05) is 33.3 Å². The lowest BCUT2D eigenvalue weighted by Crippen LogP contribution is -2.66. The van der Waals surface area contributed by atoms with Gasteiger partial charge in [-0.25, -0.2) is 4.98 Å². The van der Waals surface area contributed by atoms with Crippen molar-refractivity contribution in [3.63, 3.8) is 0 Å². The minimum atomic E-state index is -0.121. The van der Waals surface area contributed by atoms with E-state index in [0.29, 0.717) is 24.7 Å². The molecule has 1 spiro atoms. The molecule has 2 aliphatic rings. The van der Waals surface area contributed by atoms with Crippen LogP contribution in [0.2, 0.25) is 0 Å². The molecular formula is C19H24N4O2S. The topological polar surface area (TPSA) is 58.6 Å². The number of nitrogens with zero attached hydrogens (tertiary/aromatic N) is 4. The highest BCUT2D eigenvalue weighted by Gasteiger charge is 2.48. The third-order valence-electron chi connectivity index (χ3n) is 5.28. The van der Waals surface area contributed by atoms with E-state index in [1.54, 1.807) is 11.7 Å². The van der Waals surface area contributed by atoms with Gasteiger partial charge in [0.25, 0.3) is 5.91 Å². The Balaban J connectivity index is 1.22. The Morgan fingerprint density at radius 1 is 1.50 bits per heavy atom. The first-order valence-electron chi connectivity index (χ1n) is 9.02. The minimum absolute atomic E-state index is 0.0267. The zero-order chi connectivity index (χ0) is 18.0.